The van der Waals surface area contributed by atoms with E-state index in [9.17, 15) is 4.79 Å². The van der Waals surface area contributed by atoms with Crippen molar-refractivity contribution < 1.29 is 9.53 Å². The lowest BCUT2D eigenvalue weighted by Crippen LogP contribution is -2.04. The van der Waals surface area contributed by atoms with E-state index in [1.807, 2.05) is 6.07 Å². The van der Waals surface area contributed by atoms with Gasteiger partial charge in [0.2, 0.25) is 0 Å². The maximum atomic E-state index is 11.3. The second-order valence-electron chi connectivity index (χ2n) is 3.33. The van der Waals surface area contributed by atoms with Crippen LogP contribution in [0.3, 0.4) is 0 Å². The third-order valence-electron chi connectivity index (χ3n) is 2.27. The van der Waals surface area contributed by atoms with Crippen LogP contribution < -0.4 is 0 Å². The smallest absolute Gasteiger partial charge is 0.337 e. The summed E-state index contributed by atoms with van der Waals surface area (Å²) in [5, 5.41) is 4.05. The highest BCUT2D eigenvalue weighted by Gasteiger charge is 2.09. The first-order valence-electron chi connectivity index (χ1n) is 4.96. The number of aromatic nitrogens is 3. The molecule has 2 heterocycles. The zero-order valence-corrected chi connectivity index (χ0v) is 9.33. The summed E-state index contributed by atoms with van der Waals surface area (Å²) in [6, 6.07) is 5.32. The normalized spacial score (nSPS) is 9.94. The van der Waals surface area contributed by atoms with Crippen LogP contribution in [0.5, 0.6) is 0 Å². The minimum absolute atomic E-state index is 0.284. The number of methoxy groups -OCH3 is 1. The number of nitrogens with zero attached hydrogens (tertiary/aromatic N) is 3. The van der Waals surface area contributed by atoms with Crippen LogP contribution in [-0.2, 0) is 9.53 Å². The van der Waals surface area contributed by atoms with Crippen molar-refractivity contribution in [3.05, 3.63) is 48.9 Å². The monoisotopic (exact) mass is 229 g/mol. The molecule has 5 nitrogen and oxygen atoms in total. The Morgan fingerprint density at radius 2 is 2.29 bits per heavy atom. The molecule has 0 saturated heterocycles. The lowest BCUT2D eigenvalue weighted by atomic mass is 10.1. The van der Waals surface area contributed by atoms with Crippen molar-refractivity contribution in [1.82, 2.24) is 14.8 Å². The van der Waals surface area contributed by atoms with Gasteiger partial charge in [-0.05, 0) is 18.2 Å². The van der Waals surface area contributed by atoms with Crippen molar-refractivity contribution in [1.29, 1.82) is 0 Å². The molecule has 0 amide bonds. The summed E-state index contributed by atoms with van der Waals surface area (Å²) in [4.78, 5) is 15.4. The molecule has 0 radical (unpaired) electrons. The maximum Gasteiger partial charge on any atom is 0.337 e. The van der Waals surface area contributed by atoms with Crippen LogP contribution in [0.25, 0.3) is 11.4 Å². The van der Waals surface area contributed by atoms with Gasteiger partial charge in [-0.1, -0.05) is 6.58 Å². The van der Waals surface area contributed by atoms with Gasteiger partial charge in [-0.15, -0.1) is 0 Å². The summed E-state index contributed by atoms with van der Waals surface area (Å²) >= 11 is 0. The van der Waals surface area contributed by atoms with Crippen molar-refractivity contribution in [3.63, 3.8) is 0 Å². The van der Waals surface area contributed by atoms with Gasteiger partial charge < -0.3 is 4.74 Å². The summed E-state index contributed by atoms with van der Waals surface area (Å²) < 4.78 is 6.21. The first-order valence-corrected chi connectivity index (χ1v) is 4.96. The SMILES string of the molecule is C=C(C(=O)OC)c1ccc(-n2cccn2)nc1. The van der Waals surface area contributed by atoms with Crippen LogP contribution in [0.4, 0.5) is 0 Å². The predicted molar refractivity (Wildman–Crippen MR) is 62.4 cm³/mol. The van der Waals surface area contributed by atoms with E-state index in [0.717, 1.165) is 0 Å². The largest absolute Gasteiger partial charge is 0.465 e. The molecule has 0 N–H and O–H groups in total. The summed E-state index contributed by atoms with van der Waals surface area (Å²) in [6.07, 6.45) is 5.02. The molecule has 0 spiro atoms. The molecule has 17 heavy (non-hydrogen) atoms. The van der Waals surface area contributed by atoms with Crippen LogP contribution >= 0.6 is 0 Å². The molecule has 86 valence electrons. The molecular weight excluding hydrogens is 218 g/mol. The lowest BCUT2D eigenvalue weighted by molar-refractivity contribution is -0.133. The van der Waals surface area contributed by atoms with Crippen molar-refractivity contribution >= 4 is 11.5 Å². The molecule has 0 saturated carbocycles. The molecule has 0 aliphatic heterocycles. The van der Waals surface area contributed by atoms with Gasteiger partial charge in [0.05, 0.1) is 12.7 Å². The van der Waals surface area contributed by atoms with E-state index < -0.39 is 5.97 Å². The van der Waals surface area contributed by atoms with Crippen molar-refractivity contribution in [2.45, 2.75) is 0 Å². The number of pyridine rings is 1. The average Bonchev–Trinajstić information content (AvgIpc) is 2.91. The molecule has 5 heteroatoms. The first kappa shape index (κ1) is 11.1. The molecule has 0 fully saturated rings. The first-order chi connectivity index (χ1) is 8.22. The second kappa shape index (κ2) is 4.61. The Kier molecular flexibility index (Phi) is 3.00. The van der Waals surface area contributed by atoms with Gasteiger partial charge in [0, 0.05) is 24.2 Å². The Morgan fingerprint density at radius 3 is 2.82 bits per heavy atom. The third kappa shape index (κ3) is 2.23. The summed E-state index contributed by atoms with van der Waals surface area (Å²) in [5.41, 5.74) is 0.916. The van der Waals surface area contributed by atoms with Gasteiger partial charge in [-0.2, -0.15) is 5.10 Å². The summed E-state index contributed by atoms with van der Waals surface area (Å²) in [7, 11) is 1.32. The van der Waals surface area contributed by atoms with Crippen LogP contribution in [0, 0.1) is 0 Å². The average molecular weight is 229 g/mol. The number of hydrogen-bond donors (Lipinski definition) is 0. The second-order valence-corrected chi connectivity index (χ2v) is 3.33. The van der Waals surface area contributed by atoms with Gasteiger partial charge in [0.1, 0.15) is 0 Å². The number of carbonyl (C=O) groups excluding carboxylic acids is 1. The van der Waals surface area contributed by atoms with Gasteiger partial charge in [-0.3, -0.25) is 0 Å². The standard InChI is InChI=1S/C12H11N3O2/c1-9(12(16)17-2)10-4-5-11(13-8-10)15-7-3-6-14-15/h3-8H,1H2,2H3. The Bertz CT molecular complexity index is 529. The molecule has 2 aromatic heterocycles. The third-order valence-corrected chi connectivity index (χ3v) is 2.27. The predicted octanol–water partition coefficient (Wildman–Crippen LogP) is 1.45. The summed E-state index contributed by atoms with van der Waals surface area (Å²) in [6.45, 7) is 3.65. The van der Waals surface area contributed by atoms with Crippen molar-refractivity contribution in [2.75, 3.05) is 7.11 Å². The molecule has 0 aliphatic carbocycles. The molecule has 0 bridgehead atoms. The van der Waals surface area contributed by atoms with E-state index in [-0.39, 0.29) is 5.57 Å². The number of ether oxygens (including phenoxy) is 1. The molecule has 2 aromatic rings. The van der Waals surface area contributed by atoms with E-state index in [1.165, 1.54) is 7.11 Å². The zero-order valence-electron chi connectivity index (χ0n) is 9.33. The highest BCUT2D eigenvalue weighted by Crippen LogP contribution is 2.13. The van der Waals surface area contributed by atoms with Crippen LogP contribution in [0.1, 0.15) is 5.56 Å². The van der Waals surface area contributed by atoms with Crippen LogP contribution in [-0.4, -0.2) is 27.8 Å². The fourth-order valence-electron chi connectivity index (χ4n) is 1.35. The molecule has 0 aliphatic rings. The fourth-order valence-corrected chi connectivity index (χ4v) is 1.35. The van der Waals surface area contributed by atoms with Gasteiger partial charge >= 0.3 is 5.97 Å². The van der Waals surface area contributed by atoms with E-state index >= 15 is 0 Å². The Labute approximate surface area is 98.4 Å². The topological polar surface area (TPSA) is 57.0 Å². The van der Waals surface area contributed by atoms with E-state index in [4.69, 9.17) is 0 Å². The molecule has 2 rings (SSSR count). The fraction of sp³-hybridized carbons (Fsp3) is 0.0833. The van der Waals surface area contributed by atoms with E-state index in [2.05, 4.69) is 21.4 Å². The minimum atomic E-state index is -0.460. The van der Waals surface area contributed by atoms with Crippen molar-refractivity contribution in [2.24, 2.45) is 0 Å². The van der Waals surface area contributed by atoms with Crippen molar-refractivity contribution in [3.8, 4) is 5.82 Å². The summed E-state index contributed by atoms with van der Waals surface area (Å²) in [5.74, 6) is 0.218. The number of rotatable bonds is 3. The number of hydrogen-bond acceptors (Lipinski definition) is 4. The van der Waals surface area contributed by atoms with E-state index in [0.29, 0.717) is 11.4 Å². The lowest BCUT2D eigenvalue weighted by Gasteiger charge is -2.04. The van der Waals surface area contributed by atoms with Crippen LogP contribution in [0.2, 0.25) is 0 Å². The number of carbonyl (C=O) groups is 1. The van der Waals surface area contributed by atoms with Gasteiger partial charge in [0.15, 0.2) is 5.82 Å². The molecule has 0 aromatic carbocycles. The van der Waals surface area contributed by atoms with Gasteiger partial charge in [0.25, 0.3) is 0 Å². The maximum absolute atomic E-state index is 11.3. The van der Waals surface area contributed by atoms with Crippen LogP contribution in [0.15, 0.2) is 43.4 Å². The number of esters is 1. The highest BCUT2D eigenvalue weighted by atomic mass is 16.5. The highest BCUT2D eigenvalue weighted by molar-refractivity contribution is 6.15. The Hall–Kier alpha value is -2.43. The van der Waals surface area contributed by atoms with Gasteiger partial charge in [-0.25, -0.2) is 14.5 Å². The Morgan fingerprint density at radius 1 is 1.47 bits per heavy atom. The molecule has 0 unspecified atom stereocenters. The quantitative estimate of drug-likeness (QED) is 0.590. The minimum Gasteiger partial charge on any atom is -0.465 e. The molecular formula is C12H11N3O2. The molecule has 0 atom stereocenters. The Balaban J connectivity index is 2.25. The zero-order chi connectivity index (χ0) is 12.3. The van der Waals surface area contributed by atoms with E-state index in [1.54, 1.807) is 35.4 Å².